The Morgan fingerprint density at radius 3 is 2.50 bits per heavy atom. The highest BCUT2D eigenvalue weighted by Gasteiger charge is 2.44. The summed E-state index contributed by atoms with van der Waals surface area (Å²) < 4.78 is 20.1. The van der Waals surface area contributed by atoms with Gasteiger partial charge in [0, 0.05) is 7.11 Å². The Morgan fingerprint density at radius 2 is 1.88 bits per heavy atom. The lowest BCUT2D eigenvalue weighted by Gasteiger charge is -2.39. The van der Waals surface area contributed by atoms with Crippen LogP contribution in [0.5, 0.6) is 11.5 Å². The highest BCUT2D eigenvalue weighted by molar-refractivity contribution is 5.90. The molecule has 0 spiro atoms. The smallest absolute Gasteiger partial charge is 0.338 e. The fourth-order valence-corrected chi connectivity index (χ4v) is 2.29. The molecule has 24 heavy (non-hydrogen) atoms. The molecule has 1 aromatic rings. The van der Waals surface area contributed by atoms with Crippen molar-refractivity contribution in [2.45, 2.75) is 30.7 Å². The van der Waals surface area contributed by atoms with Gasteiger partial charge in [-0.05, 0) is 18.2 Å². The topological polar surface area (TPSA) is 135 Å². The zero-order chi connectivity index (χ0) is 17.9. The van der Waals surface area contributed by atoms with Gasteiger partial charge in [-0.15, -0.1) is 0 Å². The molecule has 0 unspecified atom stereocenters. The first kappa shape index (κ1) is 18.4. The van der Waals surface area contributed by atoms with Crippen molar-refractivity contribution in [1.29, 1.82) is 0 Å². The molecular formula is C15H20O9. The zero-order valence-corrected chi connectivity index (χ0v) is 13.2. The van der Waals surface area contributed by atoms with Crippen molar-refractivity contribution in [3.63, 3.8) is 0 Å². The summed E-state index contributed by atoms with van der Waals surface area (Å²) in [4.78, 5) is 12.0. The predicted octanol–water partition coefficient (Wildman–Crippen LogP) is -0.988. The number of aliphatic hydroxyl groups excluding tert-OH is 3. The normalized spacial score (nSPS) is 30.0. The van der Waals surface area contributed by atoms with Crippen LogP contribution in [0.15, 0.2) is 18.2 Å². The van der Waals surface area contributed by atoms with Gasteiger partial charge in [0.1, 0.15) is 31.0 Å². The van der Waals surface area contributed by atoms with Crippen molar-refractivity contribution >= 4 is 5.97 Å². The minimum atomic E-state index is -1.50. The Morgan fingerprint density at radius 1 is 1.17 bits per heavy atom. The van der Waals surface area contributed by atoms with E-state index >= 15 is 0 Å². The van der Waals surface area contributed by atoms with Gasteiger partial charge in [0.05, 0.1) is 12.7 Å². The minimum absolute atomic E-state index is 0.108. The first-order chi connectivity index (χ1) is 11.4. The molecule has 0 amide bonds. The van der Waals surface area contributed by atoms with E-state index in [1.54, 1.807) is 0 Å². The van der Waals surface area contributed by atoms with Crippen LogP contribution in [0.4, 0.5) is 0 Å². The van der Waals surface area contributed by atoms with Crippen molar-refractivity contribution in [3.8, 4) is 11.5 Å². The van der Waals surface area contributed by atoms with Gasteiger partial charge in [0.25, 0.3) is 0 Å². The number of phenols is 1. The van der Waals surface area contributed by atoms with Crippen LogP contribution in [-0.4, -0.2) is 77.9 Å². The maximum atomic E-state index is 12.0. The van der Waals surface area contributed by atoms with Gasteiger partial charge in [-0.2, -0.15) is 0 Å². The number of carbonyl (C=O) groups is 1. The Hall–Kier alpha value is -1.91. The molecule has 1 saturated heterocycles. The standard InChI is InChI=1S/C15H20O9/c1-21-9-5-7(3-4-8(9)16)14(20)23-6-10-11(17)12(18)13(19)15(22-2)24-10/h3-5,10-13,15-19H,6H2,1-2H3/t10-,11-,12+,13-,15+/m1/s1. The van der Waals surface area contributed by atoms with Crippen molar-refractivity contribution in [2.24, 2.45) is 0 Å². The predicted molar refractivity (Wildman–Crippen MR) is 78.6 cm³/mol. The maximum absolute atomic E-state index is 12.0. The zero-order valence-electron chi connectivity index (χ0n) is 13.2. The lowest BCUT2D eigenvalue weighted by molar-refractivity contribution is -0.294. The molecule has 2 rings (SSSR count). The molecule has 1 heterocycles. The van der Waals surface area contributed by atoms with E-state index in [0.29, 0.717) is 0 Å². The molecule has 0 radical (unpaired) electrons. The largest absolute Gasteiger partial charge is 0.504 e. The number of benzene rings is 1. The third-order valence-electron chi connectivity index (χ3n) is 3.69. The van der Waals surface area contributed by atoms with Crippen LogP contribution in [0.1, 0.15) is 10.4 Å². The van der Waals surface area contributed by atoms with E-state index in [1.807, 2.05) is 0 Å². The molecule has 1 aliphatic heterocycles. The molecule has 1 aliphatic rings. The van der Waals surface area contributed by atoms with Crippen molar-refractivity contribution < 1.29 is 44.2 Å². The third kappa shape index (κ3) is 3.77. The summed E-state index contributed by atoms with van der Waals surface area (Å²) in [5.74, 6) is -0.754. The van der Waals surface area contributed by atoms with E-state index < -0.39 is 36.7 Å². The van der Waals surface area contributed by atoms with Gasteiger partial charge in [0.2, 0.25) is 0 Å². The fourth-order valence-electron chi connectivity index (χ4n) is 2.29. The van der Waals surface area contributed by atoms with Crippen LogP contribution in [0, 0.1) is 0 Å². The lowest BCUT2D eigenvalue weighted by atomic mass is 9.99. The van der Waals surface area contributed by atoms with Gasteiger partial charge < -0.3 is 39.4 Å². The summed E-state index contributed by atoms with van der Waals surface area (Å²) in [6.07, 6.45) is -6.59. The minimum Gasteiger partial charge on any atom is -0.504 e. The second-order valence-corrected chi connectivity index (χ2v) is 5.24. The van der Waals surface area contributed by atoms with Crippen molar-refractivity contribution in [3.05, 3.63) is 23.8 Å². The fraction of sp³-hybridized carbons (Fsp3) is 0.533. The number of rotatable bonds is 5. The van der Waals surface area contributed by atoms with Gasteiger partial charge in [-0.25, -0.2) is 4.79 Å². The second-order valence-electron chi connectivity index (χ2n) is 5.24. The lowest BCUT2D eigenvalue weighted by Crippen LogP contribution is -2.59. The molecule has 0 saturated carbocycles. The van der Waals surface area contributed by atoms with Gasteiger partial charge in [-0.3, -0.25) is 0 Å². The van der Waals surface area contributed by atoms with Gasteiger partial charge >= 0.3 is 5.97 Å². The molecular weight excluding hydrogens is 324 g/mol. The Labute approximate surface area is 138 Å². The first-order valence-electron chi connectivity index (χ1n) is 7.15. The highest BCUT2D eigenvalue weighted by Crippen LogP contribution is 2.27. The van der Waals surface area contributed by atoms with E-state index in [9.17, 15) is 25.2 Å². The summed E-state index contributed by atoms with van der Waals surface area (Å²) in [7, 11) is 2.61. The number of ether oxygens (including phenoxy) is 4. The molecule has 0 aliphatic carbocycles. The SMILES string of the molecule is COc1cc(C(=O)OC[C@H]2O[C@H](OC)[C@H](O)[C@@H](O)[C@@H]2O)ccc1O. The Bertz CT molecular complexity index is 574. The summed E-state index contributed by atoms with van der Waals surface area (Å²) in [6.45, 7) is -0.368. The van der Waals surface area contributed by atoms with E-state index in [1.165, 1.54) is 32.4 Å². The van der Waals surface area contributed by atoms with E-state index in [4.69, 9.17) is 18.9 Å². The molecule has 4 N–H and O–H groups in total. The van der Waals surface area contributed by atoms with Gasteiger partial charge in [0.15, 0.2) is 17.8 Å². The number of phenolic OH excluding ortho intramolecular Hbond substituents is 1. The number of hydrogen-bond donors (Lipinski definition) is 4. The van der Waals surface area contributed by atoms with E-state index in [0.717, 1.165) is 0 Å². The molecule has 134 valence electrons. The van der Waals surface area contributed by atoms with E-state index in [-0.39, 0.29) is 23.7 Å². The number of aromatic hydroxyl groups is 1. The quantitative estimate of drug-likeness (QED) is 0.497. The van der Waals surface area contributed by atoms with Gasteiger partial charge in [-0.1, -0.05) is 0 Å². The average molecular weight is 344 g/mol. The molecule has 1 aromatic carbocycles. The van der Waals surface area contributed by atoms with Crippen LogP contribution in [0.25, 0.3) is 0 Å². The van der Waals surface area contributed by atoms with Crippen LogP contribution in [0.3, 0.4) is 0 Å². The molecule has 5 atom stereocenters. The number of hydrogen-bond acceptors (Lipinski definition) is 9. The van der Waals surface area contributed by atoms with Crippen molar-refractivity contribution in [1.82, 2.24) is 0 Å². The van der Waals surface area contributed by atoms with Crippen LogP contribution >= 0.6 is 0 Å². The van der Waals surface area contributed by atoms with Crippen LogP contribution in [-0.2, 0) is 14.2 Å². The van der Waals surface area contributed by atoms with E-state index in [2.05, 4.69) is 0 Å². The summed E-state index contributed by atoms with van der Waals surface area (Å²) in [5, 5.41) is 38.8. The average Bonchev–Trinajstić information content (AvgIpc) is 2.59. The number of esters is 1. The first-order valence-corrected chi connectivity index (χ1v) is 7.15. The number of aliphatic hydroxyl groups is 3. The number of methoxy groups -OCH3 is 2. The molecule has 0 aromatic heterocycles. The Kier molecular flexibility index (Phi) is 5.97. The van der Waals surface area contributed by atoms with Crippen molar-refractivity contribution in [2.75, 3.05) is 20.8 Å². The summed E-state index contributed by atoms with van der Waals surface area (Å²) in [5.41, 5.74) is 0.124. The molecule has 0 bridgehead atoms. The number of carbonyl (C=O) groups excluding carboxylic acids is 1. The molecule has 9 heteroatoms. The Balaban J connectivity index is 2.00. The molecule has 1 fully saturated rings. The maximum Gasteiger partial charge on any atom is 0.338 e. The van der Waals surface area contributed by atoms with Crippen LogP contribution < -0.4 is 4.74 Å². The third-order valence-corrected chi connectivity index (χ3v) is 3.69. The van der Waals surface area contributed by atoms with Crippen LogP contribution in [0.2, 0.25) is 0 Å². The second kappa shape index (κ2) is 7.77. The highest BCUT2D eigenvalue weighted by atomic mass is 16.7. The molecule has 9 nitrogen and oxygen atoms in total. The summed E-state index contributed by atoms with van der Waals surface area (Å²) >= 11 is 0. The summed E-state index contributed by atoms with van der Waals surface area (Å²) in [6, 6.07) is 3.92. The monoisotopic (exact) mass is 344 g/mol.